The van der Waals surface area contributed by atoms with E-state index >= 15 is 0 Å². The van der Waals surface area contributed by atoms with Crippen LogP contribution in [0.25, 0.3) is 0 Å². The quantitative estimate of drug-likeness (QED) is 0.242. The summed E-state index contributed by atoms with van der Waals surface area (Å²) < 4.78 is 0. The van der Waals surface area contributed by atoms with Gasteiger partial charge in [-0.25, -0.2) is 0 Å². The van der Waals surface area contributed by atoms with Crippen LogP contribution < -0.4 is 0 Å². The second kappa shape index (κ2) is 11.6. The third-order valence-corrected chi connectivity index (χ3v) is 4.48. The monoisotopic (exact) mass is 266 g/mol. The molecule has 0 aliphatic carbocycles. The summed E-state index contributed by atoms with van der Waals surface area (Å²) in [6.07, 6.45) is 16.3. The Morgan fingerprint density at radius 3 is 1.79 bits per heavy atom. The maximum atomic E-state index is 4.26. The highest BCUT2D eigenvalue weighted by Crippen LogP contribution is 2.41. The molecule has 114 valence electrons. The van der Waals surface area contributed by atoms with Gasteiger partial charge in [-0.05, 0) is 43.9 Å². The van der Waals surface area contributed by atoms with Gasteiger partial charge in [0.1, 0.15) is 0 Å². The highest BCUT2D eigenvalue weighted by Gasteiger charge is 2.27. The zero-order valence-electron chi connectivity index (χ0n) is 14.2. The predicted octanol–water partition coefficient (Wildman–Crippen LogP) is 7.29. The largest absolute Gasteiger partial charge is 0.0999 e. The average molecular weight is 267 g/mol. The predicted molar refractivity (Wildman–Crippen MR) is 89.7 cm³/mol. The molecular formula is C19H38. The molecule has 0 N–H and O–H groups in total. The number of rotatable bonds is 13. The summed E-state index contributed by atoms with van der Waals surface area (Å²) in [4.78, 5) is 0. The summed E-state index contributed by atoms with van der Waals surface area (Å²) in [5.41, 5.74) is 2.10. The maximum absolute atomic E-state index is 4.26. The van der Waals surface area contributed by atoms with Crippen LogP contribution in [0.3, 0.4) is 0 Å². The van der Waals surface area contributed by atoms with Crippen molar-refractivity contribution in [2.24, 2.45) is 5.41 Å². The molecule has 0 aromatic heterocycles. The Balaban J connectivity index is 4.45. The average Bonchev–Trinajstić information content (AvgIpc) is 2.38. The summed E-state index contributed by atoms with van der Waals surface area (Å²) in [7, 11) is 0. The molecule has 0 atom stereocenters. The van der Waals surface area contributed by atoms with Gasteiger partial charge in [0.15, 0.2) is 0 Å². The van der Waals surface area contributed by atoms with Crippen LogP contribution in [-0.2, 0) is 0 Å². The molecule has 0 amide bonds. The Bertz CT molecular complexity index is 208. The molecule has 0 heteroatoms. The molecule has 0 unspecified atom stereocenters. The van der Waals surface area contributed by atoms with E-state index in [-0.39, 0.29) is 0 Å². The molecule has 0 aromatic rings. The first-order valence-corrected chi connectivity index (χ1v) is 8.80. The van der Waals surface area contributed by atoms with Gasteiger partial charge < -0.3 is 0 Å². The van der Waals surface area contributed by atoms with E-state index in [1.165, 1.54) is 82.6 Å². The Morgan fingerprint density at radius 2 is 1.32 bits per heavy atom. The molecule has 0 heterocycles. The van der Waals surface area contributed by atoms with Crippen LogP contribution >= 0.6 is 0 Å². The van der Waals surface area contributed by atoms with E-state index in [0.29, 0.717) is 5.41 Å². The van der Waals surface area contributed by atoms with Crippen molar-refractivity contribution < 1.29 is 0 Å². The molecular weight excluding hydrogens is 228 g/mol. The lowest BCUT2D eigenvalue weighted by Crippen LogP contribution is -2.21. The maximum Gasteiger partial charge on any atom is -0.0295 e. The summed E-state index contributed by atoms with van der Waals surface area (Å²) in [5, 5.41) is 0. The minimum Gasteiger partial charge on any atom is -0.0999 e. The van der Waals surface area contributed by atoms with E-state index in [1.54, 1.807) is 0 Å². The van der Waals surface area contributed by atoms with E-state index in [9.17, 15) is 0 Å². The van der Waals surface area contributed by atoms with E-state index < -0.39 is 0 Å². The van der Waals surface area contributed by atoms with Crippen molar-refractivity contribution in [3.8, 4) is 0 Å². The minimum atomic E-state index is 0.620. The standard InChI is InChI=1S/C19H38/c1-6-10-11-16-19(14-8-3,15-9-4)17-13-18(5)12-7-2/h5-17H2,1-4H3. The van der Waals surface area contributed by atoms with Gasteiger partial charge >= 0.3 is 0 Å². The third-order valence-electron chi connectivity index (χ3n) is 4.48. The highest BCUT2D eigenvalue weighted by atomic mass is 14.3. The highest BCUT2D eigenvalue weighted by molar-refractivity contribution is 4.96. The minimum absolute atomic E-state index is 0.620. The lowest BCUT2D eigenvalue weighted by Gasteiger charge is -2.34. The van der Waals surface area contributed by atoms with Gasteiger partial charge in [-0.2, -0.15) is 0 Å². The van der Waals surface area contributed by atoms with E-state index in [1.807, 2.05) is 0 Å². The molecule has 0 rings (SSSR count). The van der Waals surface area contributed by atoms with Crippen LogP contribution in [0.5, 0.6) is 0 Å². The molecule has 0 spiro atoms. The summed E-state index contributed by atoms with van der Waals surface area (Å²) in [6.45, 7) is 13.5. The van der Waals surface area contributed by atoms with E-state index in [4.69, 9.17) is 0 Å². The molecule has 0 aliphatic heterocycles. The van der Waals surface area contributed by atoms with Crippen molar-refractivity contribution in [1.29, 1.82) is 0 Å². The van der Waals surface area contributed by atoms with E-state index in [2.05, 4.69) is 34.3 Å². The summed E-state index contributed by atoms with van der Waals surface area (Å²) in [5.74, 6) is 0. The molecule has 0 aliphatic rings. The fourth-order valence-electron chi connectivity index (χ4n) is 3.48. The topological polar surface area (TPSA) is 0 Å². The smallest absolute Gasteiger partial charge is 0.0295 e. The van der Waals surface area contributed by atoms with Gasteiger partial charge in [0.2, 0.25) is 0 Å². The Kier molecular flexibility index (Phi) is 11.4. The van der Waals surface area contributed by atoms with Crippen molar-refractivity contribution in [3.63, 3.8) is 0 Å². The number of hydrogen-bond donors (Lipinski definition) is 0. The Morgan fingerprint density at radius 1 is 0.684 bits per heavy atom. The summed E-state index contributed by atoms with van der Waals surface area (Å²) >= 11 is 0. The van der Waals surface area contributed by atoms with Crippen LogP contribution in [0, 0.1) is 5.41 Å². The van der Waals surface area contributed by atoms with Crippen LogP contribution in [0.15, 0.2) is 12.2 Å². The number of unbranched alkanes of at least 4 members (excludes halogenated alkanes) is 2. The lowest BCUT2D eigenvalue weighted by atomic mass is 9.71. The van der Waals surface area contributed by atoms with Crippen LogP contribution in [0.1, 0.15) is 105 Å². The summed E-state index contributed by atoms with van der Waals surface area (Å²) in [6, 6.07) is 0. The van der Waals surface area contributed by atoms with Crippen LogP contribution in [0.2, 0.25) is 0 Å². The molecule has 0 nitrogen and oxygen atoms in total. The first-order valence-electron chi connectivity index (χ1n) is 8.80. The molecule has 19 heavy (non-hydrogen) atoms. The second-order valence-corrected chi connectivity index (χ2v) is 6.46. The van der Waals surface area contributed by atoms with Gasteiger partial charge in [0.25, 0.3) is 0 Å². The number of hydrogen-bond acceptors (Lipinski definition) is 0. The van der Waals surface area contributed by atoms with E-state index in [0.717, 1.165) is 0 Å². The first kappa shape index (κ1) is 18.7. The Labute approximate surface area is 123 Å². The van der Waals surface area contributed by atoms with Gasteiger partial charge in [0, 0.05) is 0 Å². The molecule has 0 saturated carbocycles. The van der Waals surface area contributed by atoms with Gasteiger partial charge in [0.05, 0.1) is 0 Å². The first-order chi connectivity index (χ1) is 9.14. The van der Waals surface area contributed by atoms with Gasteiger partial charge in [-0.15, -0.1) is 0 Å². The number of allylic oxidation sites excluding steroid dienone is 1. The van der Waals surface area contributed by atoms with Crippen molar-refractivity contribution in [2.45, 2.75) is 105 Å². The molecule has 0 aromatic carbocycles. The van der Waals surface area contributed by atoms with Crippen molar-refractivity contribution in [1.82, 2.24) is 0 Å². The SMILES string of the molecule is C=C(CCC)CCC(CCC)(CCC)CCCCC. The van der Waals surface area contributed by atoms with Crippen molar-refractivity contribution >= 4 is 0 Å². The molecule has 0 fully saturated rings. The zero-order chi connectivity index (χ0) is 14.6. The van der Waals surface area contributed by atoms with Gasteiger partial charge in [-0.3, -0.25) is 0 Å². The lowest BCUT2D eigenvalue weighted by molar-refractivity contribution is 0.187. The van der Waals surface area contributed by atoms with Gasteiger partial charge in [-0.1, -0.05) is 78.4 Å². The second-order valence-electron chi connectivity index (χ2n) is 6.46. The molecule has 0 saturated heterocycles. The van der Waals surface area contributed by atoms with Crippen molar-refractivity contribution in [3.05, 3.63) is 12.2 Å². The molecule has 0 radical (unpaired) electrons. The normalized spacial score (nSPS) is 11.8. The van der Waals surface area contributed by atoms with Crippen LogP contribution in [-0.4, -0.2) is 0 Å². The third kappa shape index (κ3) is 8.50. The zero-order valence-corrected chi connectivity index (χ0v) is 14.2. The van der Waals surface area contributed by atoms with Crippen LogP contribution in [0.4, 0.5) is 0 Å². The fourth-order valence-corrected chi connectivity index (χ4v) is 3.48. The molecule has 0 bridgehead atoms. The fraction of sp³-hybridized carbons (Fsp3) is 0.895. The Hall–Kier alpha value is -0.260. The van der Waals surface area contributed by atoms with Crippen molar-refractivity contribution in [2.75, 3.05) is 0 Å².